The van der Waals surface area contributed by atoms with Crippen molar-refractivity contribution in [3.63, 3.8) is 0 Å². The van der Waals surface area contributed by atoms with Crippen LogP contribution in [-0.2, 0) is 14.3 Å². The molecule has 3 aromatic carbocycles. The summed E-state index contributed by atoms with van der Waals surface area (Å²) < 4.78 is 27.6. The van der Waals surface area contributed by atoms with Gasteiger partial charge in [0.25, 0.3) is 0 Å². The van der Waals surface area contributed by atoms with Crippen LogP contribution < -0.4 is 14.9 Å². The fraction of sp³-hybridized carbons (Fsp3) is 0.226. The second-order valence-electron chi connectivity index (χ2n) is 9.84. The first kappa shape index (κ1) is 30.4. The molecule has 0 saturated carbocycles. The van der Waals surface area contributed by atoms with Gasteiger partial charge in [0.2, 0.25) is 17.5 Å². The summed E-state index contributed by atoms with van der Waals surface area (Å²) in [6, 6.07) is 14.1. The average Bonchev–Trinajstić information content (AvgIpc) is 3.01. The summed E-state index contributed by atoms with van der Waals surface area (Å²) >= 11 is 0. The van der Waals surface area contributed by atoms with Crippen molar-refractivity contribution in [1.82, 2.24) is 0 Å². The zero-order valence-electron chi connectivity index (χ0n) is 23.1. The fourth-order valence-electron chi connectivity index (χ4n) is 4.52. The molecule has 5 atom stereocenters. The molecule has 0 bridgehead atoms. The van der Waals surface area contributed by atoms with Crippen molar-refractivity contribution in [2.24, 2.45) is 0 Å². The Morgan fingerprint density at radius 3 is 2.23 bits per heavy atom. The van der Waals surface area contributed by atoms with Crippen LogP contribution in [0.3, 0.4) is 0 Å². The highest BCUT2D eigenvalue weighted by Crippen LogP contribution is 2.37. The van der Waals surface area contributed by atoms with Gasteiger partial charge in [-0.15, -0.1) is 0 Å². The van der Waals surface area contributed by atoms with Gasteiger partial charge in [-0.05, 0) is 48.0 Å². The van der Waals surface area contributed by atoms with Gasteiger partial charge in [0.15, 0.2) is 5.76 Å². The summed E-state index contributed by atoms with van der Waals surface area (Å²) in [5, 5.41) is 61.1. The first-order valence-corrected chi connectivity index (χ1v) is 13.2. The maximum absolute atomic E-state index is 13.7. The Balaban J connectivity index is 1.43. The summed E-state index contributed by atoms with van der Waals surface area (Å²) in [4.78, 5) is 25.9. The van der Waals surface area contributed by atoms with Crippen molar-refractivity contribution in [2.45, 2.75) is 30.7 Å². The van der Waals surface area contributed by atoms with Crippen LogP contribution in [0.2, 0.25) is 0 Å². The molecule has 1 aliphatic heterocycles. The minimum atomic E-state index is -1.88. The molecule has 5 rings (SSSR count). The standard InChI is InChI=1S/C31H28O13/c1-40-19-12-20(34)24-21(13-19)42-29(16-5-9-18(33)10-6-16)30(26(24)37)44-31-28(39)27(38)25(36)22(43-31)14-41-23(35)11-4-15-2-7-17(32)8-3-15/h2-13,22,25,27-28,31-34,36,38-39H,14H2,1H3/b11-4+/t22?,25-,27?,28?,31-/m0/s1. The van der Waals surface area contributed by atoms with Crippen molar-refractivity contribution in [1.29, 1.82) is 0 Å². The Bertz CT molecular complexity index is 1730. The van der Waals surface area contributed by atoms with Crippen molar-refractivity contribution < 1.29 is 58.8 Å². The number of ether oxygens (including phenoxy) is 4. The highest BCUT2D eigenvalue weighted by Gasteiger charge is 2.46. The number of hydrogen-bond donors (Lipinski definition) is 6. The second kappa shape index (κ2) is 12.7. The lowest BCUT2D eigenvalue weighted by Crippen LogP contribution is -2.60. The highest BCUT2D eigenvalue weighted by atomic mass is 16.7. The number of aliphatic hydroxyl groups is 3. The molecule has 230 valence electrons. The molecular formula is C31H28O13. The topological polar surface area (TPSA) is 206 Å². The number of carbonyl (C=O) groups is 1. The molecule has 4 aromatic rings. The van der Waals surface area contributed by atoms with Crippen LogP contribution in [-0.4, -0.2) is 81.0 Å². The molecule has 2 heterocycles. The molecule has 1 saturated heterocycles. The third-order valence-electron chi connectivity index (χ3n) is 6.87. The SMILES string of the molecule is COc1cc(O)c2c(=O)c(O[C@@H]3OC(COC(=O)/C=C/c4ccc(O)cc4)[C@H](O)C(O)C3O)c(-c3ccc(O)cc3)oc2c1. The number of aliphatic hydroxyl groups excluding tert-OH is 3. The molecule has 0 amide bonds. The number of fused-ring (bicyclic) bond motifs is 1. The van der Waals surface area contributed by atoms with E-state index in [0.717, 1.165) is 6.08 Å². The Kier molecular flexibility index (Phi) is 8.73. The predicted octanol–water partition coefficient (Wildman–Crippen LogP) is 2.03. The number of aromatic hydroxyl groups is 3. The van der Waals surface area contributed by atoms with Crippen molar-refractivity contribution in [2.75, 3.05) is 13.7 Å². The van der Waals surface area contributed by atoms with E-state index in [-0.39, 0.29) is 39.5 Å². The molecule has 0 radical (unpaired) electrons. The van der Waals surface area contributed by atoms with Crippen molar-refractivity contribution >= 4 is 23.0 Å². The van der Waals surface area contributed by atoms with Crippen molar-refractivity contribution in [3.8, 4) is 40.1 Å². The minimum Gasteiger partial charge on any atom is -0.508 e. The number of hydrogen-bond acceptors (Lipinski definition) is 13. The number of benzene rings is 3. The molecule has 13 heteroatoms. The van der Waals surface area contributed by atoms with Gasteiger partial charge in [-0.2, -0.15) is 0 Å². The van der Waals surface area contributed by atoms with E-state index in [9.17, 15) is 40.2 Å². The summed E-state index contributed by atoms with van der Waals surface area (Å²) in [5.41, 5.74) is -0.0686. The summed E-state index contributed by atoms with van der Waals surface area (Å²) in [6.07, 6.45) is -6.06. The van der Waals surface area contributed by atoms with Gasteiger partial charge < -0.3 is 54.0 Å². The van der Waals surface area contributed by atoms with E-state index < -0.39 is 60.2 Å². The normalized spacial score (nSPS) is 21.8. The Labute approximate surface area is 249 Å². The molecular weight excluding hydrogens is 580 g/mol. The van der Waals surface area contributed by atoms with E-state index in [1.165, 1.54) is 61.7 Å². The number of esters is 1. The molecule has 1 fully saturated rings. The van der Waals surface area contributed by atoms with Crippen LogP contribution in [0.5, 0.6) is 28.7 Å². The van der Waals surface area contributed by atoms with Gasteiger partial charge in [0.1, 0.15) is 65.0 Å². The highest BCUT2D eigenvalue weighted by molar-refractivity contribution is 5.88. The Morgan fingerprint density at radius 2 is 1.57 bits per heavy atom. The molecule has 0 spiro atoms. The van der Waals surface area contributed by atoms with E-state index in [1.807, 2.05) is 0 Å². The number of phenols is 3. The van der Waals surface area contributed by atoms with E-state index in [2.05, 4.69) is 0 Å². The fourth-order valence-corrected chi connectivity index (χ4v) is 4.52. The van der Waals surface area contributed by atoms with Crippen LogP contribution in [0, 0.1) is 0 Å². The molecule has 3 unspecified atom stereocenters. The van der Waals surface area contributed by atoms with Crippen LogP contribution in [0.15, 0.2) is 76.0 Å². The molecule has 44 heavy (non-hydrogen) atoms. The van der Waals surface area contributed by atoms with Gasteiger partial charge in [-0.25, -0.2) is 4.79 Å². The zero-order valence-corrected chi connectivity index (χ0v) is 23.1. The lowest BCUT2D eigenvalue weighted by molar-refractivity contribution is -0.278. The first-order valence-electron chi connectivity index (χ1n) is 13.2. The summed E-state index contributed by atoms with van der Waals surface area (Å²) in [7, 11) is 1.36. The lowest BCUT2D eigenvalue weighted by Gasteiger charge is -2.39. The summed E-state index contributed by atoms with van der Waals surface area (Å²) in [5.74, 6) is -1.82. The van der Waals surface area contributed by atoms with E-state index in [4.69, 9.17) is 23.4 Å². The molecule has 6 N–H and O–H groups in total. The van der Waals surface area contributed by atoms with E-state index >= 15 is 0 Å². The molecule has 13 nitrogen and oxygen atoms in total. The molecule has 1 aromatic heterocycles. The molecule has 1 aliphatic rings. The first-order chi connectivity index (χ1) is 21.0. The Morgan fingerprint density at radius 1 is 0.909 bits per heavy atom. The predicted molar refractivity (Wildman–Crippen MR) is 153 cm³/mol. The Hall–Kier alpha value is -5.08. The van der Waals surface area contributed by atoms with Gasteiger partial charge in [-0.3, -0.25) is 4.79 Å². The maximum atomic E-state index is 13.7. The number of phenolic OH excluding ortho intramolecular Hbond substituents is 3. The van der Waals surface area contributed by atoms with Crippen LogP contribution in [0.4, 0.5) is 0 Å². The van der Waals surface area contributed by atoms with Gasteiger partial charge in [0.05, 0.1) is 7.11 Å². The van der Waals surface area contributed by atoms with Crippen LogP contribution in [0.25, 0.3) is 28.4 Å². The average molecular weight is 609 g/mol. The van der Waals surface area contributed by atoms with Gasteiger partial charge in [-0.1, -0.05) is 12.1 Å². The third kappa shape index (κ3) is 6.31. The van der Waals surface area contributed by atoms with Gasteiger partial charge >= 0.3 is 5.97 Å². The van der Waals surface area contributed by atoms with Crippen LogP contribution in [0.1, 0.15) is 5.56 Å². The number of carbonyl (C=O) groups excluding carboxylic acids is 1. The number of rotatable bonds is 8. The number of methoxy groups -OCH3 is 1. The quantitative estimate of drug-likeness (QED) is 0.125. The van der Waals surface area contributed by atoms with E-state index in [1.54, 1.807) is 12.1 Å². The smallest absolute Gasteiger partial charge is 0.330 e. The van der Waals surface area contributed by atoms with Crippen molar-refractivity contribution in [3.05, 3.63) is 82.5 Å². The zero-order chi connectivity index (χ0) is 31.5. The van der Waals surface area contributed by atoms with E-state index in [0.29, 0.717) is 5.56 Å². The molecule has 0 aliphatic carbocycles. The lowest BCUT2D eigenvalue weighted by atomic mass is 9.99. The third-order valence-corrected chi connectivity index (χ3v) is 6.87. The monoisotopic (exact) mass is 608 g/mol. The van der Waals surface area contributed by atoms with Gasteiger partial charge in [0, 0.05) is 23.8 Å². The van der Waals surface area contributed by atoms with Crippen LogP contribution >= 0.6 is 0 Å². The second-order valence-corrected chi connectivity index (χ2v) is 9.84. The summed E-state index contributed by atoms with van der Waals surface area (Å²) in [6.45, 7) is -0.568. The maximum Gasteiger partial charge on any atom is 0.330 e. The minimum absolute atomic E-state index is 0.0550. The largest absolute Gasteiger partial charge is 0.508 e.